The first-order valence-corrected chi connectivity index (χ1v) is 5.67. The summed E-state index contributed by atoms with van der Waals surface area (Å²) < 4.78 is 0. The number of nitrogen functional groups attached to an aromatic ring is 1. The quantitative estimate of drug-likeness (QED) is 0.842. The van der Waals surface area contributed by atoms with E-state index in [0.717, 1.165) is 17.8 Å². The van der Waals surface area contributed by atoms with Gasteiger partial charge in [-0.05, 0) is 30.2 Å². The lowest BCUT2D eigenvalue weighted by Crippen LogP contribution is -2.05. The molecule has 0 radical (unpaired) electrons. The zero-order valence-electron chi connectivity index (χ0n) is 9.85. The van der Waals surface area contributed by atoms with Crippen LogP contribution in [0.25, 0.3) is 0 Å². The molecular weight excluding hydrogens is 212 g/mol. The molecule has 88 valence electrons. The number of nitrogens with zero attached hydrogens (tertiary/aromatic N) is 2. The summed E-state index contributed by atoms with van der Waals surface area (Å²) in [5, 5.41) is 3.28. The molecule has 17 heavy (non-hydrogen) atoms. The molecule has 0 saturated heterocycles. The molecule has 3 N–H and O–H groups in total. The van der Waals surface area contributed by atoms with Gasteiger partial charge in [-0.15, -0.1) is 0 Å². The topological polar surface area (TPSA) is 63.8 Å². The van der Waals surface area contributed by atoms with Crippen LogP contribution in [0.15, 0.2) is 36.7 Å². The average molecular weight is 228 g/mol. The lowest BCUT2D eigenvalue weighted by atomic mass is 10.1. The molecule has 0 aliphatic heterocycles. The largest absolute Gasteiger partial charge is 0.384 e. The molecule has 0 bridgehead atoms. The normalized spacial score (nSPS) is 10.2. The Morgan fingerprint density at radius 2 is 2.12 bits per heavy atom. The Kier molecular flexibility index (Phi) is 3.55. The zero-order valence-corrected chi connectivity index (χ0v) is 9.85. The van der Waals surface area contributed by atoms with Crippen molar-refractivity contribution in [3.8, 4) is 0 Å². The number of anilines is 2. The number of hydrogen-bond acceptors (Lipinski definition) is 4. The Morgan fingerprint density at radius 3 is 2.82 bits per heavy atom. The monoisotopic (exact) mass is 228 g/mol. The molecule has 0 atom stereocenters. The van der Waals surface area contributed by atoms with E-state index in [1.165, 1.54) is 5.56 Å². The van der Waals surface area contributed by atoms with Crippen molar-refractivity contribution in [2.45, 2.75) is 19.9 Å². The summed E-state index contributed by atoms with van der Waals surface area (Å²) in [6.45, 7) is 2.83. The highest BCUT2D eigenvalue weighted by Crippen LogP contribution is 2.11. The van der Waals surface area contributed by atoms with E-state index in [0.29, 0.717) is 12.4 Å². The summed E-state index contributed by atoms with van der Waals surface area (Å²) in [7, 11) is 0. The Bertz CT molecular complexity index is 479. The van der Waals surface area contributed by atoms with Crippen molar-refractivity contribution in [1.82, 2.24) is 9.97 Å². The molecule has 2 heterocycles. The molecular formula is C13H16N4. The number of hydrogen-bond donors (Lipinski definition) is 2. The smallest absolute Gasteiger partial charge is 0.123 e. The zero-order chi connectivity index (χ0) is 12.1. The van der Waals surface area contributed by atoms with Gasteiger partial charge in [0.15, 0.2) is 0 Å². The van der Waals surface area contributed by atoms with Gasteiger partial charge in [0.05, 0.1) is 24.1 Å². The van der Waals surface area contributed by atoms with Crippen LogP contribution in [0, 0.1) is 0 Å². The molecule has 0 fully saturated rings. The molecule has 4 nitrogen and oxygen atoms in total. The van der Waals surface area contributed by atoms with Gasteiger partial charge in [-0.2, -0.15) is 0 Å². The Hall–Kier alpha value is -2.10. The predicted octanol–water partition coefficient (Wildman–Crippen LogP) is 2.23. The molecule has 0 unspecified atom stereocenters. The van der Waals surface area contributed by atoms with E-state index < -0.39 is 0 Å². The molecule has 2 rings (SSSR count). The first-order valence-electron chi connectivity index (χ1n) is 5.67. The fourth-order valence-corrected chi connectivity index (χ4v) is 1.65. The molecule has 0 spiro atoms. The van der Waals surface area contributed by atoms with E-state index in [2.05, 4.69) is 28.3 Å². The van der Waals surface area contributed by atoms with Crippen molar-refractivity contribution >= 4 is 11.5 Å². The van der Waals surface area contributed by atoms with E-state index >= 15 is 0 Å². The summed E-state index contributed by atoms with van der Waals surface area (Å²) >= 11 is 0. The van der Waals surface area contributed by atoms with Gasteiger partial charge < -0.3 is 11.1 Å². The maximum atomic E-state index is 5.53. The summed E-state index contributed by atoms with van der Waals surface area (Å²) in [4.78, 5) is 8.40. The highest BCUT2D eigenvalue weighted by molar-refractivity contribution is 5.45. The van der Waals surface area contributed by atoms with Crippen LogP contribution in [-0.4, -0.2) is 9.97 Å². The van der Waals surface area contributed by atoms with Gasteiger partial charge in [-0.3, -0.25) is 4.98 Å². The van der Waals surface area contributed by atoms with Gasteiger partial charge in [0, 0.05) is 6.20 Å². The molecule has 0 aliphatic carbocycles. The minimum Gasteiger partial charge on any atom is -0.384 e. The SMILES string of the molecule is CCc1cccnc1CNc1ccc(N)nc1. The van der Waals surface area contributed by atoms with Crippen LogP contribution < -0.4 is 11.1 Å². The van der Waals surface area contributed by atoms with Crippen molar-refractivity contribution in [3.63, 3.8) is 0 Å². The van der Waals surface area contributed by atoms with Gasteiger partial charge in [0.2, 0.25) is 0 Å². The Morgan fingerprint density at radius 1 is 1.24 bits per heavy atom. The third-order valence-electron chi connectivity index (χ3n) is 2.61. The highest BCUT2D eigenvalue weighted by Gasteiger charge is 2.01. The minimum absolute atomic E-state index is 0.530. The van der Waals surface area contributed by atoms with Crippen LogP contribution in [0.4, 0.5) is 11.5 Å². The van der Waals surface area contributed by atoms with Gasteiger partial charge in [-0.25, -0.2) is 4.98 Å². The number of pyridine rings is 2. The van der Waals surface area contributed by atoms with Crippen molar-refractivity contribution in [2.75, 3.05) is 11.1 Å². The van der Waals surface area contributed by atoms with Crippen molar-refractivity contribution < 1.29 is 0 Å². The van der Waals surface area contributed by atoms with Crippen LogP contribution in [0.1, 0.15) is 18.2 Å². The van der Waals surface area contributed by atoms with Crippen LogP contribution in [0.3, 0.4) is 0 Å². The average Bonchev–Trinajstić information content (AvgIpc) is 2.38. The fourth-order valence-electron chi connectivity index (χ4n) is 1.65. The van der Waals surface area contributed by atoms with Gasteiger partial charge in [-0.1, -0.05) is 13.0 Å². The maximum absolute atomic E-state index is 5.53. The first-order chi connectivity index (χ1) is 8.29. The molecule has 0 amide bonds. The van der Waals surface area contributed by atoms with Gasteiger partial charge in [0.1, 0.15) is 5.82 Å². The third-order valence-corrected chi connectivity index (χ3v) is 2.61. The molecule has 2 aromatic heterocycles. The number of nitrogens with one attached hydrogen (secondary N) is 1. The number of aryl methyl sites for hydroxylation is 1. The van der Waals surface area contributed by atoms with E-state index in [-0.39, 0.29) is 0 Å². The number of aromatic nitrogens is 2. The number of nitrogens with two attached hydrogens (primary N) is 1. The lowest BCUT2D eigenvalue weighted by molar-refractivity contribution is 0.970. The molecule has 2 aromatic rings. The second-order valence-electron chi connectivity index (χ2n) is 3.79. The van der Waals surface area contributed by atoms with Crippen LogP contribution in [0.2, 0.25) is 0 Å². The molecule has 0 aromatic carbocycles. The molecule has 0 saturated carbocycles. The Balaban J connectivity index is 2.04. The number of rotatable bonds is 4. The lowest BCUT2D eigenvalue weighted by Gasteiger charge is -2.08. The first kappa shape index (κ1) is 11.4. The fraction of sp³-hybridized carbons (Fsp3) is 0.231. The molecule has 4 heteroatoms. The highest BCUT2D eigenvalue weighted by atomic mass is 14.9. The van der Waals surface area contributed by atoms with Gasteiger partial charge in [0.25, 0.3) is 0 Å². The summed E-state index contributed by atoms with van der Waals surface area (Å²) in [6.07, 6.45) is 4.53. The molecule has 0 aliphatic rings. The second kappa shape index (κ2) is 5.30. The van der Waals surface area contributed by atoms with Crippen molar-refractivity contribution in [1.29, 1.82) is 0 Å². The van der Waals surface area contributed by atoms with Crippen molar-refractivity contribution in [3.05, 3.63) is 47.9 Å². The Labute approximate surface area is 101 Å². The van der Waals surface area contributed by atoms with Crippen LogP contribution in [-0.2, 0) is 13.0 Å². The van der Waals surface area contributed by atoms with E-state index in [1.54, 1.807) is 12.3 Å². The van der Waals surface area contributed by atoms with Crippen LogP contribution in [0.5, 0.6) is 0 Å². The summed E-state index contributed by atoms with van der Waals surface area (Å²) in [6, 6.07) is 7.76. The third kappa shape index (κ3) is 2.93. The van der Waals surface area contributed by atoms with Crippen LogP contribution >= 0.6 is 0 Å². The van der Waals surface area contributed by atoms with Gasteiger partial charge >= 0.3 is 0 Å². The van der Waals surface area contributed by atoms with E-state index in [4.69, 9.17) is 5.73 Å². The summed E-state index contributed by atoms with van der Waals surface area (Å²) in [5.74, 6) is 0.530. The maximum Gasteiger partial charge on any atom is 0.123 e. The van der Waals surface area contributed by atoms with Crippen molar-refractivity contribution in [2.24, 2.45) is 0 Å². The van der Waals surface area contributed by atoms with E-state index in [9.17, 15) is 0 Å². The predicted molar refractivity (Wildman–Crippen MR) is 69.6 cm³/mol. The second-order valence-corrected chi connectivity index (χ2v) is 3.79. The van der Waals surface area contributed by atoms with E-state index in [1.807, 2.05) is 18.3 Å². The summed E-state index contributed by atoms with van der Waals surface area (Å²) in [5.41, 5.74) is 8.82. The minimum atomic E-state index is 0.530. The standard InChI is InChI=1S/C13H16N4/c1-2-10-4-3-7-15-12(10)9-16-11-5-6-13(14)17-8-11/h3-8,16H,2,9H2,1H3,(H2,14,17).